The number of esters is 1. The molecule has 2 aliphatic heterocycles. The molecule has 0 aliphatic carbocycles. The quantitative estimate of drug-likeness (QED) is 0.325. The number of amides is 2. The molecule has 0 saturated carbocycles. The zero-order chi connectivity index (χ0) is 29.1. The summed E-state index contributed by atoms with van der Waals surface area (Å²) in [5.74, 6) is -1.81. The highest BCUT2D eigenvalue weighted by molar-refractivity contribution is 6.03. The van der Waals surface area contributed by atoms with Crippen LogP contribution in [0.15, 0.2) is 96.3 Å². The van der Waals surface area contributed by atoms with Crippen LogP contribution in [-0.4, -0.2) is 48.7 Å². The van der Waals surface area contributed by atoms with E-state index in [0.29, 0.717) is 11.3 Å². The van der Waals surface area contributed by atoms with Crippen molar-refractivity contribution in [3.8, 4) is 5.75 Å². The van der Waals surface area contributed by atoms with Crippen LogP contribution in [0.3, 0.4) is 0 Å². The van der Waals surface area contributed by atoms with E-state index in [-0.39, 0.29) is 23.9 Å². The van der Waals surface area contributed by atoms with Crippen molar-refractivity contribution in [1.29, 1.82) is 0 Å². The van der Waals surface area contributed by atoms with Crippen LogP contribution in [0.4, 0.5) is 4.79 Å². The first-order valence-corrected chi connectivity index (χ1v) is 13.6. The summed E-state index contributed by atoms with van der Waals surface area (Å²) in [5.41, 5.74) is 2.61. The van der Waals surface area contributed by atoms with Gasteiger partial charge >= 0.3 is 12.1 Å². The molecule has 3 atom stereocenters. The number of carbonyl (C=O) groups excluding carboxylic acids is 3. The summed E-state index contributed by atoms with van der Waals surface area (Å²) >= 11 is 0. The number of hydrogen-bond acceptors (Lipinski definition) is 7. The topological polar surface area (TPSA) is 91.4 Å². The summed E-state index contributed by atoms with van der Waals surface area (Å²) in [7, 11) is 1.56. The van der Waals surface area contributed by atoms with Crippen LogP contribution in [0.25, 0.3) is 0 Å². The Kier molecular flexibility index (Phi) is 8.10. The highest BCUT2D eigenvalue weighted by Crippen LogP contribution is 2.45. The van der Waals surface area contributed by atoms with Gasteiger partial charge in [-0.05, 0) is 49.6 Å². The lowest BCUT2D eigenvalue weighted by Gasteiger charge is -2.31. The fraction of sp³-hybridized carbons (Fsp3) is 0.303. The van der Waals surface area contributed by atoms with Gasteiger partial charge in [-0.1, -0.05) is 72.8 Å². The van der Waals surface area contributed by atoms with E-state index in [0.717, 1.165) is 16.0 Å². The predicted molar refractivity (Wildman–Crippen MR) is 151 cm³/mol. The molecule has 0 unspecified atom stereocenters. The lowest BCUT2D eigenvalue weighted by Crippen LogP contribution is -2.47. The van der Waals surface area contributed by atoms with Gasteiger partial charge in [0.25, 0.3) is 0 Å². The van der Waals surface area contributed by atoms with Gasteiger partial charge < -0.3 is 18.9 Å². The molecule has 3 aromatic carbocycles. The van der Waals surface area contributed by atoms with Crippen molar-refractivity contribution in [2.45, 2.75) is 44.9 Å². The van der Waals surface area contributed by atoms with E-state index < -0.39 is 42.1 Å². The van der Waals surface area contributed by atoms with Crippen molar-refractivity contribution >= 4 is 18.0 Å². The number of carbonyl (C=O) groups is 3. The molecule has 3 aromatic rings. The number of benzene rings is 3. The number of cyclic esters (lactones) is 1. The molecule has 0 spiro atoms. The third-order valence-corrected chi connectivity index (χ3v) is 7.42. The van der Waals surface area contributed by atoms with Gasteiger partial charge in [0, 0.05) is 5.92 Å². The van der Waals surface area contributed by atoms with Crippen molar-refractivity contribution in [3.05, 3.63) is 113 Å². The van der Waals surface area contributed by atoms with E-state index in [4.69, 9.17) is 18.9 Å². The molecule has 212 valence electrons. The maximum atomic E-state index is 14.6. The van der Waals surface area contributed by atoms with Crippen LogP contribution >= 0.6 is 0 Å². The first-order valence-electron chi connectivity index (χ1n) is 13.6. The van der Waals surface area contributed by atoms with Crippen LogP contribution in [0.2, 0.25) is 0 Å². The lowest BCUT2D eigenvalue weighted by atomic mass is 9.83. The molecule has 0 aromatic heterocycles. The standard InChI is InChI=1S/C33H33NO7/c1-20(2)40-32(36)27-21(3)41-30(24-15-17-25(38-4)18-16-24)29(27)31(35)34-26(19-39-33(34)37)28(22-11-7-5-8-12-22)23-13-9-6-10-14-23/h5-18,20,26,28-30H,19H2,1-4H3/t26-,29+,30-/m1/s1. The van der Waals surface area contributed by atoms with Gasteiger partial charge in [-0.3, -0.25) is 4.79 Å². The van der Waals surface area contributed by atoms with Crippen LogP contribution in [-0.2, 0) is 23.8 Å². The van der Waals surface area contributed by atoms with E-state index in [2.05, 4.69) is 0 Å². The SMILES string of the molecule is COc1ccc([C@H]2OC(C)=C(C(=O)OC(C)C)[C@@H]2C(=O)N2C(=O)OC[C@@H]2C(c2ccccc2)c2ccccc2)cc1. The molecule has 2 amide bonds. The van der Waals surface area contributed by atoms with Crippen molar-refractivity contribution < 1.29 is 33.3 Å². The minimum Gasteiger partial charge on any atom is -0.497 e. The second kappa shape index (κ2) is 11.9. The number of imide groups is 1. The van der Waals surface area contributed by atoms with Gasteiger partial charge in [-0.2, -0.15) is 0 Å². The number of methoxy groups -OCH3 is 1. The maximum absolute atomic E-state index is 14.6. The average molecular weight is 556 g/mol. The molecule has 0 radical (unpaired) electrons. The number of allylic oxidation sites excluding steroid dienone is 1. The second-order valence-corrected chi connectivity index (χ2v) is 10.4. The highest BCUT2D eigenvalue weighted by atomic mass is 16.6. The Hall–Kier alpha value is -4.59. The smallest absolute Gasteiger partial charge is 0.417 e. The molecule has 1 fully saturated rings. The number of rotatable bonds is 8. The fourth-order valence-corrected chi connectivity index (χ4v) is 5.59. The molecule has 8 heteroatoms. The Morgan fingerprint density at radius 1 is 0.902 bits per heavy atom. The van der Waals surface area contributed by atoms with E-state index in [1.54, 1.807) is 52.1 Å². The van der Waals surface area contributed by atoms with Gasteiger partial charge in [0.15, 0.2) is 0 Å². The number of ether oxygens (including phenoxy) is 4. The molecular formula is C33H33NO7. The summed E-state index contributed by atoms with van der Waals surface area (Å²) in [6.45, 7) is 5.12. The molecule has 1 saturated heterocycles. The zero-order valence-corrected chi connectivity index (χ0v) is 23.5. The Balaban J connectivity index is 1.58. The van der Waals surface area contributed by atoms with Crippen LogP contribution in [0, 0.1) is 5.92 Å². The molecule has 8 nitrogen and oxygen atoms in total. The Bertz CT molecular complexity index is 1390. The van der Waals surface area contributed by atoms with Crippen LogP contribution < -0.4 is 4.74 Å². The van der Waals surface area contributed by atoms with Gasteiger partial charge in [0.2, 0.25) is 5.91 Å². The minimum atomic E-state index is -1.13. The molecule has 0 N–H and O–H groups in total. The molecule has 2 aliphatic rings. The summed E-state index contributed by atoms with van der Waals surface area (Å²) < 4.78 is 22.5. The summed E-state index contributed by atoms with van der Waals surface area (Å²) in [6, 6.07) is 25.8. The molecule has 0 bridgehead atoms. The van der Waals surface area contributed by atoms with E-state index >= 15 is 0 Å². The Morgan fingerprint density at radius 2 is 1.49 bits per heavy atom. The van der Waals surface area contributed by atoms with Gasteiger partial charge in [0.05, 0.1) is 24.8 Å². The Labute approximate surface area is 239 Å². The van der Waals surface area contributed by atoms with Gasteiger partial charge in [-0.15, -0.1) is 0 Å². The van der Waals surface area contributed by atoms with Crippen molar-refractivity contribution in [3.63, 3.8) is 0 Å². The predicted octanol–water partition coefficient (Wildman–Crippen LogP) is 5.79. The van der Waals surface area contributed by atoms with Crippen molar-refractivity contribution in [2.24, 2.45) is 5.92 Å². The molecule has 2 heterocycles. The number of nitrogens with zero attached hydrogens (tertiary/aromatic N) is 1. The summed E-state index contributed by atoms with van der Waals surface area (Å²) in [4.78, 5) is 42.4. The minimum absolute atomic E-state index is 0.00821. The van der Waals surface area contributed by atoms with E-state index in [1.807, 2.05) is 60.7 Å². The lowest BCUT2D eigenvalue weighted by molar-refractivity contribution is -0.146. The average Bonchev–Trinajstić information content (AvgIpc) is 3.53. The van der Waals surface area contributed by atoms with Crippen LogP contribution in [0.1, 0.15) is 49.5 Å². The fourth-order valence-electron chi connectivity index (χ4n) is 5.59. The summed E-state index contributed by atoms with van der Waals surface area (Å²) in [5, 5.41) is 0. The Morgan fingerprint density at radius 3 is 2.02 bits per heavy atom. The first-order chi connectivity index (χ1) is 19.8. The molecule has 5 rings (SSSR count). The maximum Gasteiger partial charge on any atom is 0.417 e. The second-order valence-electron chi connectivity index (χ2n) is 10.4. The van der Waals surface area contributed by atoms with Crippen LogP contribution in [0.5, 0.6) is 5.75 Å². The van der Waals surface area contributed by atoms with Crippen molar-refractivity contribution in [1.82, 2.24) is 4.90 Å². The van der Waals surface area contributed by atoms with Gasteiger partial charge in [-0.25, -0.2) is 14.5 Å². The monoisotopic (exact) mass is 555 g/mol. The first kappa shape index (κ1) is 28.0. The zero-order valence-electron chi connectivity index (χ0n) is 23.5. The molecular weight excluding hydrogens is 522 g/mol. The summed E-state index contributed by atoms with van der Waals surface area (Å²) in [6.07, 6.45) is -2.03. The third kappa shape index (κ3) is 5.55. The molecule has 41 heavy (non-hydrogen) atoms. The van der Waals surface area contributed by atoms with Gasteiger partial charge in [0.1, 0.15) is 30.1 Å². The number of hydrogen-bond donors (Lipinski definition) is 0. The van der Waals surface area contributed by atoms with Crippen molar-refractivity contribution in [2.75, 3.05) is 13.7 Å². The normalized spacial score (nSPS) is 20.3. The highest BCUT2D eigenvalue weighted by Gasteiger charge is 2.52. The third-order valence-electron chi connectivity index (χ3n) is 7.42. The largest absolute Gasteiger partial charge is 0.497 e. The van der Waals surface area contributed by atoms with E-state index in [1.165, 1.54) is 0 Å². The van der Waals surface area contributed by atoms with E-state index in [9.17, 15) is 14.4 Å².